The molecule has 1 aliphatic rings. The summed E-state index contributed by atoms with van der Waals surface area (Å²) < 4.78 is 11.1. The second-order valence-corrected chi connectivity index (χ2v) is 8.93. The zero-order valence-electron chi connectivity index (χ0n) is 17.5. The van der Waals surface area contributed by atoms with Gasteiger partial charge in [0.2, 0.25) is 5.52 Å². The van der Waals surface area contributed by atoms with Crippen LogP contribution in [0.15, 0.2) is 47.1 Å². The molecule has 3 aromatic heterocycles. The van der Waals surface area contributed by atoms with Crippen molar-refractivity contribution in [2.75, 3.05) is 0 Å². The van der Waals surface area contributed by atoms with E-state index >= 15 is 0 Å². The molecule has 0 atom stereocenters. The van der Waals surface area contributed by atoms with E-state index in [1.54, 1.807) is 0 Å². The van der Waals surface area contributed by atoms with Crippen LogP contribution in [0.5, 0.6) is 0 Å². The molecule has 0 radical (unpaired) electrons. The van der Waals surface area contributed by atoms with E-state index in [4.69, 9.17) is 4.42 Å². The van der Waals surface area contributed by atoms with Gasteiger partial charge in [0, 0.05) is 30.1 Å². The number of aromatic nitrogens is 2. The molecule has 3 nitrogen and oxygen atoms in total. The SMILES string of the molecule is Cc1c2cc[n+](C)c2cc2oc3cc(C4CCCCC4)cc4ccn(C)c(c12)c43. The first-order valence-electron chi connectivity index (χ1n) is 10.8. The molecule has 0 saturated heterocycles. The average Bonchev–Trinajstić information content (AvgIpc) is 3.11. The van der Waals surface area contributed by atoms with Gasteiger partial charge in [-0.3, -0.25) is 0 Å². The second-order valence-electron chi connectivity index (χ2n) is 8.93. The molecule has 0 amide bonds. The van der Waals surface area contributed by atoms with Crippen LogP contribution in [0.4, 0.5) is 0 Å². The molecule has 5 aromatic rings. The minimum atomic E-state index is 0.670. The molecule has 146 valence electrons. The third-order valence-corrected chi connectivity index (χ3v) is 7.17. The normalized spacial score (nSPS) is 16.0. The van der Waals surface area contributed by atoms with Crippen molar-refractivity contribution in [1.29, 1.82) is 0 Å². The van der Waals surface area contributed by atoms with Gasteiger partial charge >= 0.3 is 0 Å². The summed E-state index contributed by atoms with van der Waals surface area (Å²) >= 11 is 0. The molecule has 3 heteroatoms. The number of nitrogens with zero attached hydrogens (tertiary/aromatic N) is 2. The van der Waals surface area contributed by atoms with Crippen LogP contribution in [-0.2, 0) is 14.1 Å². The lowest BCUT2D eigenvalue weighted by atomic mass is 9.83. The monoisotopic (exact) mass is 383 g/mol. The Morgan fingerprint density at radius 1 is 1.00 bits per heavy atom. The number of hydrogen-bond donors (Lipinski definition) is 0. The van der Waals surface area contributed by atoms with Crippen molar-refractivity contribution in [3.8, 4) is 0 Å². The van der Waals surface area contributed by atoms with Crippen LogP contribution in [0.25, 0.3) is 43.7 Å². The Kier molecular flexibility index (Phi) is 3.59. The highest BCUT2D eigenvalue weighted by molar-refractivity contribution is 6.19. The molecular formula is C26H27N2O+. The summed E-state index contributed by atoms with van der Waals surface area (Å²) in [7, 11) is 4.25. The average molecular weight is 384 g/mol. The van der Waals surface area contributed by atoms with Gasteiger partial charge in [-0.2, -0.15) is 0 Å². The number of hydrogen-bond acceptors (Lipinski definition) is 1. The summed E-state index contributed by atoms with van der Waals surface area (Å²) in [6.07, 6.45) is 11.0. The summed E-state index contributed by atoms with van der Waals surface area (Å²) in [5.74, 6) is 0.670. The topological polar surface area (TPSA) is 21.9 Å². The van der Waals surface area contributed by atoms with Gasteiger partial charge in [0.05, 0.1) is 17.0 Å². The highest BCUT2D eigenvalue weighted by Gasteiger charge is 2.22. The fourth-order valence-corrected chi connectivity index (χ4v) is 5.59. The van der Waals surface area contributed by atoms with E-state index in [2.05, 4.69) is 72.9 Å². The van der Waals surface area contributed by atoms with Crippen molar-refractivity contribution < 1.29 is 8.98 Å². The van der Waals surface area contributed by atoms with E-state index in [0.29, 0.717) is 5.92 Å². The standard InChI is InChI=1S/C26H27N2O/c1-16-20-10-12-27(2)21(20)15-23-24(16)26-25-18(9-11-28(26)3)13-19(14-22(25)29-23)17-7-5-4-6-8-17/h9-15,17H,4-8H2,1-3H3/q+1. The number of pyridine rings is 1. The Hall–Kier alpha value is -2.81. The first kappa shape index (κ1) is 17.1. The third-order valence-electron chi connectivity index (χ3n) is 7.17. The van der Waals surface area contributed by atoms with Crippen LogP contribution >= 0.6 is 0 Å². The first-order valence-corrected chi connectivity index (χ1v) is 10.8. The molecule has 6 rings (SSSR count). The fraction of sp³-hybridized carbons (Fsp3) is 0.346. The molecule has 2 aromatic carbocycles. The van der Waals surface area contributed by atoms with Crippen molar-refractivity contribution in [3.63, 3.8) is 0 Å². The summed E-state index contributed by atoms with van der Waals surface area (Å²) in [4.78, 5) is 0. The highest BCUT2D eigenvalue weighted by atomic mass is 16.3. The van der Waals surface area contributed by atoms with Crippen molar-refractivity contribution in [3.05, 3.63) is 53.9 Å². The van der Waals surface area contributed by atoms with Gasteiger partial charge in [-0.05, 0) is 54.3 Å². The molecule has 3 heterocycles. The largest absolute Gasteiger partial charge is 0.456 e. The Labute approximate surface area is 170 Å². The second kappa shape index (κ2) is 6.09. The molecule has 0 N–H and O–H groups in total. The maximum absolute atomic E-state index is 6.62. The van der Waals surface area contributed by atoms with E-state index < -0.39 is 0 Å². The van der Waals surface area contributed by atoms with Crippen molar-refractivity contribution in [1.82, 2.24) is 4.57 Å². The molecule has 0 bridgehead atoms. The van der Waals surface area contributed by atoms with Crippen molar-refractivity contribution in [2.45, 2.75) is 44.9 Å². The number of aryl methyl sites for hydroxylation is 3. The highest BCUT2D eigenvalue weighted by Crippen LogP contribution is 2.40. The van der Waals surface area contributed by atoms with Crippen LogP contribution in [0.1, 0.15) is 49.1 Å². The molecule has 0 unspecified atom stereocenters. The fourth-order valence-electron chi connectivity index (χ4n) is 5.59. The maximum atomic E-state index is 6.62. The Bertz CT molecular complexity index is 1410. The van der Waals surface area contributed by atoms with Crippen LogP contribution < -0.4 is 4.57 Å². The zero-order chi connectivity index (χ0) is 19.7. The Morgan fingerprint density at radius 2 is 1.79 bits per heavy atom. The minimum absolute atomic E-state index is 0.670. The summed E-state index contributed by atoms with van der Waals surface area (Å²) in [5, 5.41) is 5.08. The number of benzene rings is 2. The third kappa shape index (κ3) is 2.40. The predicted molar refractivity (Wildman–Crippen MR) is 119 cm³/mol. The molecule has 29 heavy (non-hydrogen) atoms. The van der Waals surface area contributed by atoms with Gasteiger partial charge in [-0.15, -0.1) is 0 Å². The van der Waals surface area contributed by atoms with Gasteiger partial charge in [0.1, 0.15) is 18.2 Å². The molecule has 1 fully saturated rings. The Balaban J connectivity index is 1.76. The smallest absolute Gasteiger partial charge is 0.216 e. The molecule has 0 aliphatic heterocycles. The molecule has 0 spiro atoms. The van der Waals surface area contributed by atoms with Gasteiger partial charge in [-0.1, -0.05) is 25.3 Å². The first-order chi connectivity index (χ1) is 14.1. The molecular weight excluding hydrogens is 356 g/mol. The summed E-state index contributed by atoms with van der Waals surface area (Å²) in [6.45, 7) is 2.23. The minimum Gasteiger partial charge on any atom is -0.456 e. The van der Waals surface area contributed by atoms with Crippen molar-refractivity contribution >= 4 is 43.7 Å². The predicted octanol–water partition coefficient (Wildman–Crippen LogP) is 6.41. The lowest BCUT2D eigenvalue weighted by Crippen LogP contribution is -2.24. The van der Waals surface area contributed by atoms with Gasteiger partial charge in [0.15, 0.2) is 6.20 Å². The van der Waals surface area contributed by atoms with Gasteiger partial charge < -0.3 is 8.98 Å². The van der Waals surface area contributed by atoms with Gasteiger partial charge in [0.25, 0.3) is 0 Å². The summed E-state index contributed by atoms with van der Waals surface area (Å²) in [6, 6.07) is 11.4. The van der Waals surface area contributed by atoms with Crippen molar-refractivity contribution in [2.24, 2.45) is 14.1 Å². The Morgan fingerprint density at radius 3 is 2.62 bits per heavy atom. The molecule has 1 saturated carbocycles. The number of rotatable bonds is 1. The maximum Gasteiger partial charge on any atom is 0.216 e. The summed E-state index contributed by atoms with van der Waals surface area (Å²) in [5.41, 5.74) is 7.25. The van der Waals surface area contributed by atoms with E-state index in [1.165, 1.54) is 75.8 Å². The van der Waals surface area contributed by atoms with E-state index in [9.17, 15) is 0 Å². The van der Waals surface area contributed by atoms with Crippen LogP contribution in [-0.4, -0.2) is 4.57 Å². The lowest BCUT2D eigenvalue weighted by molar-refractivity contribution is -0.642. The van der Waals surface area contributed by atoms with E-state index in [-0.39, 0.29) is 0 Å². The lowest BCUT2D eigenvalue weighted by Gasteiger charge is -2.23. The van der Waals surface area contributed by atoms with Gasteiger partial charge in [-0.25, -0.2) is 4.57 Å². The van der Waals surface area contributed by atoms with Crippen LogP contribution in [0.3, 0.4) is 0 Å². The number of fused-ring (bicyclic) bond motifs is 3. The van der Waals surface area contributed by atoms with E-state index in [0.717, 1.165) is 11.2 Å². The van der Waals surface area contributed by atoms with Crippen LogP contribution in [0, 0.1) is 6.92 Å². The zero-order valence-corrected chi connectivity index (χ0v) is 17.5. The quantitative estimate of drug-likeness (QED) is 0.186. The van der Waals surface area contributed by atoms with E-state index in [1.807, 2.05) is 0 Å². The molecule has 1 aliphatic carbocycles. The van der Waals surface area contributed by atoms with Crippen LogP contribution in [0.2, 0.25) is 0 Å².